The van der Waals surface area contributed by atoms with Crippen molar-refractivity contribution in [2.45, 2.75) is 25.5 Å². The van der Waals surface area contributed by atoms with Crippen LogP contribution in [0.1, 0.15) is 32.1 Å². The van der Waals surface area contributed by atoms with Crippen molar-refractivity contribution < 1.29 is 14.7 Å². The zero-order chi connectivity index (χ0) is 19.0. The molecule has 0 bridgehead atoms. The fraction of sp³-hybridized carbons (Fsp3) is 0.182. The fourth-order valence-corrected chi connectivity index (χ4v) is 4.31. The number of ketones is 1. The third-order valence-corrected chi connectivity index (χ3v) is 5.90. The minimum absolute atomic E-state index is 0.222. The summed E-state index contributed by atoms with van der Waals surface area (Å²) in [4.78, 5) is 29.1. The number of anilines is 1. The SMILES string of the molecule is Cc1ccc(C(=O)C[C@]2(O)C(=O)N(Cc3ccccc3)c3ccccc32)s1. The Morgan fingerprint density at radius 2 is 1.74 bits per heavy atom. The largest absolute Gasteiger partial charge is 0.375 e. The second kappa shape index (κ2) is 6.76. The zero-order valence-corrected chi connectivity index (χ0v) is 15.7. The summed E-state index contributed by atoms with van der Waals surface area (Å²) in [5, 5.41) is 11.3. The lowest BCUT2D eigenvalue weighted by Crippen LogP contribution is -2.41. The van der Waals surface area contributed by atoms with E-state index in [1.807, 2.05) is 55.5 Å². The Bertz CT molecular complexity index is 1010. The highest BCUT2D eigenvalue weighted by Gasteiger charge is 2.50. The van der Waals surface area contributed by atoms with Gasteiger partial charge in [-0.25, -0.2) is 0 Å². The lowest BCUT2D eigenvalue weighted by atomic mass is 9.89. The minimum atomic E-state index is -1.83. The molecule has 0 fully saturated rings. The summed E-state index contributed by atoms with van der Waals surface area (Å²) in [7, 11) is 0. The van der Waals surface area contributed by atoms with E-state index in [1.54, 1.807) is 23.1 Å². The Hall–Kier alpha value is -2.76. The molecule has 1 amide bonds. The number of thiophene rings is 1. The average Bonchev–Trinajstić information content (AvgIpc) is 3.20. The number of Topliss-reactive ketones (excluding diaryl/α,β-unsaturated/α-hetero) is 1. The van der Waals surface area contributed by atoms with Crippen molar-refractivity contribution >= 4 is 28.7 Å². The van der Waals surface area contributed by atoms with Crippen molar-refractivity contribution in [1.29, 1.82) is 0 Å². The number of carbonyl (C=O) groups is 2. The molecular weight excluding hydrogens is 358 g/mol. The van der Waals surface area contributed by atoms with Gasteiger partial charge >= 0.3 is 0 Å². The van der Waals surface area contributed by atoms with Crippen LogP contribution in [0, 0.1) is 6.92 Å². The highest BCUT2D eigenvalue weighted by Crippen LogP contribution is 2.43. The third kappa shape index (κ3) is 3.09. The molecule has 4 rings (SSSR count). The van der Waals surface area contributed by atoms with Crippen molar-refractivity contribution in [2.24, 2.45) is 0 Å². The number of aliphatic hydroxyl groups is 1. The van der Waals surface area contributed by atoms with Gasteiger partial charge in [-0.05, 0) is 30.7 Å². The molecule has 0 saturated carbocycles. The van der Waals surface area contributed by atoms with Crippen LogP contribution in [0.2, 0.25) is 0 Å². The molecule has 0 spiro atoms. The molecular formula is C22H19NO3S. The van der Waals surface area contributed by atoms with E-state index in [1.165, 1.54) is 11.3 Å². The topological polar surface area (TPSA) is 57.6 Å². The highest BCUT2D eigenvalue weighted by atomic mass is 32.1. The van der Waals surface area contributed by atoms with E-state index in [0.29, 0.717) is 22.7 Å². The molecule has 5 heteroatoms. The maximum Gasteiger partial charge on any atom is 0.264 e. The molecule has 1 atom stereocenters. The molecule has 136 valence electrons. The van der Waals surface area contributed by atoms with Gasteiger partial charge < -0.3 is 10.0 Å². The number of amides is 1. The number of benzene rings is 2. The van der Waals surface area contributed by atoms with E-state index in [2.05, 4.69) is 0 Å². The molecule has 4 nitrogen and oxygen atoms in total. The van der Waals surface area contributed by atoms with Crippen LogP contribution in [0.15, 0.2) is 66.7 Å². The number of rotatable bonds is 5. The van der Waals surface area contributed by atoms with Gasteiger partial charge in [0.2, 0.25) is 0 Å². The highest BCUT2D eigenvalue weighted by molar-refractivity contribution is 7.14. The van der Waals surface area contributed by atoms with Crippen molar-refractivity contribution in [3.63, 3.8) is 0 Å². The van der Waals surface area contributed by atoms with E-state index in [9.17, 15) is 14.7 Å². The lowest BCUT2D eigenvalue weighted by Gasteiger charge is -2.22. The molecule has 3 aromatic rings. The van der Waals surface area contributed by atoms with Crippen LogP contribution in [-0.2, 0) is 16.9 Å². The van der Waals surface area contributed by atoms with Crippen LogP contribution in [0.5, 0.6) is 0 Å². The predicted octanol–water partition coefficient (Wildman–Crippen LogP) is 4.06. The van der Waals surface area contributed by atoms with Gasteiger partial charge in [-0.3, -0.25) is 9.59 Å². The van der Waals surface area contributed by atoms with Gasteiger partial charge in [0, 0.05) is 10.4 Å². The molecule has 0 aliphatic carbocycles. The summed E-state index contributed by atoms with van der Waals surface area (Å²) in [5.41, 5.74) is 0.280. The van der Waals surface area contributed by atoms with Gasteiger partial charge in [-0.2, -0.15) is 0 Å². The van der Waals surface area contributed by atoms with Crippen molar-refractivity contribution in [2.75, 3.05) is 4.90 Å². The van der Waals surface area contributed by atoms with E-state index in [0.717, 1.165) is 10.4 Å². The third-order valence-electron chi connectivity index (χ3n) is 4.85. The van der Waals surface area contributed by atoms with E-state index >= 15 is 0 Å². The van der Waals surface area contributed by atoms with Crippen molar-refractivity contribution in [1.82, 2.24) is 0 Å². The monoisotopic (exact) mass is 377 g/mol. The minimum Gasteiger partial charge on any atom is -0.375 e. The number of hydrogen-bond donors (Lipinski definition) is 1. The standard InChI is InChI=1S/C22H19NO3S/c1-15-11-12-20(27-15)19(24)13-22(26)17-9-5-6-10-18(17)23(21(22)25)14-16-7-3-2-4-8-16/h2-12,26H,13-14H2,1H3/t22-/m1/s1. The van der Waals surface area contributed by atoms with E-state index in [-0.39, 0.29) is 12.2 Å². The number of hydrogen-bond acceptors (Lipinski definition) is 4. The second-order valence-corrected chi connectivity index (χ2v) is 8.05. The quantitative estimate of drug-likeness (QED) is 0.682. The Morgan fingerprint density at radius 1 is 1.04 bits per heavy atom. The van der Waals surface area contributed by atoms with E-state index < -0.39 is 11.5 Å². The normalized spacial score (nSPS) is 18.6. The second-order valence-electron chi connectivity index (χ2n) is 6.76. The van der Waals surface area contributed by atoms with Crippen molar-refractivity contribution in [3.8, 4) is 0 Å². The summed E-state index contributed by atoms with van der Waals surface area (Å²) in [5.74, 6) is -0.672. The van der Waals surface area contributed by atoms with Crippen LogP contribution in [-0.4, -0.2) is 16.8 Å². The van der Waals surface area contributed by atoms with Gasteiger partial charge in [0.1, 0.15) is 0 Å². The summed E-state index contributed by atoms with van der Waals surface area (Å²) in [6.45, 7) is 2.28. The number of aryl methyl sites for hydroxylation is 1. The van der Waals surface area contributed by atoms with Gasteiger partial charge in [0.25, 0.3) is 5.91 Å². The van der Waals surface area contributed by atoms with Crippen LogP contribution in [0.25, 0.3) is 0 Å². The maximum absolute atomic E-state index is 13.2. The maximum atomic E-state index is 13.2. The Morgan fingerprint density at radius 3 is 2.44 bits per heavy atom. The zero-order valence-electron chi connectivity index (χ0n) is 14.9. The Balaban J connectivity index is 1.68. The summed E-state index contributed by atoms with van der Waals surface area (Å²) in [6.07, 6.45) is -0.256. The number of para-hydroxylation sites is 1. The molecule has 1 N–H and O–H groups in total. The molecule has 2 aromatic carbocycles. The van der Waals surface area contributed by atoms with Gasteiger partial charge in [-0.15, -0.1) is 11.3 Å². The number of fused-ring (bicyclic) bond motifs is 1. The Labute approximate surface area is 161 Å². The predicted molar refractivity (Wildman–Crippen MR) is 106 cm³/mol. The smallest absolute Gasteiger partial charge is 0.264 e. The Kier molecular flexibility index (Phi) is 4.42. The van der Waals surface area contributed by atoms with Crippen LogP contribution >= 0.6 is 11.3 Å². The number of carbonyl (C=O) groups excluding carboxylic acids is 2. The molecule has 1 aromatic heterocycles. The van der Waals surface area contributed by atoms with Crippen LogP contribution in [0.4, 0.5) is 5.69 Å². The number of nitrogens with zero attached hydrogens (tertiary/aromatic N) is 1. The molecule has 1 aliphatic rings. The van der Waals surface area contributed by atoms with Crippen molar-refractivity contribution in [3.05, 3.63) is 87.6 Å². The molecule has 1 aliphatic heterocycles. The summed E-state index contributed by atoms with van der Waals surface area (Å²) >= 11 is 1.38. The lowest BCUT2D eigenvalue weighted by molar-refractivity contribution is -0.136. The van der Waals surface area contributed by atoms with Crippen LogP contribution in [0.3, 0.4) is 0 Å². The van der Waals surface area contributed by atoms with Gasteiger partial charge in [0.05, 0.1) is 23.5 Å². The molecule has 0 saturated heterocycles. The summed E-state index contributed by atoms with van der Waals surface area (Å²) in [6, 6.07) is 20.4. The molecule has 2 heterocycles. The van der Waals surface area contributed by atoms with Gasteiger partial charge in [0.15, 0.2) is 11.4 Å². The first-order chi connectivity index (χ1) is 13.0. The van der Waals surface area contributed by atoms with E-state index in [4.69, 9.17) is 0 Å². The van der Waals surface area contributed by atoms with Gasteiger partial charge in [-0.1, -0.05) is 48.5 Å². The summed E-state index contributed by atoms with van der Waals surface area (Å²) < 4.78 is 0. The first-order valence-corrected chi connectivity index (χ1v) is 9.58. The fourth-order valence-electron chi connectivity index (χ4n) is 3.50. The first kappa shape index (κ1) is 17.6. The average molecular weight is 377 g/mol. The van der Waals surface area contributed by atoms with Crippen LogP contribution < -0.4 is 4.90 Å². The molecule has 0 unspecified atom stereocenters. The molecule has 27 heavy (non-hydrogen) atoms. The molecule has 0 radical (unpaired) electrons. The first-order valence-electron chi connectivity index (χ1n) is 8.76.